The van der Waals surface area contributed by atoms with Gasteiger partial charge in [0, 0.05) is 83.1 Å². The number of hydrogen-bond donors (Lipinski definition) is 1. The molecule has 0 spiro atoms. The lowest BCUT2D eigenvalue weighted by Crippen LogP contribution is -2.48. The van der Waals surface area contributed by atoms with Crippen LogP contribution in [0.4, 0.5) is 11.4 Å². The largest absolute Gasteiger partial charge is 0.368 e. The fraction of sp³-hybridized carbons (Fsp3) is 0.568. The van der Waals surface area contributed by atoms with E-state index in [1.807, 2.05) is 94.7 Å². The molecule has 0 bridgehead atoms. The number of ketones is 1. The van der Waals surface area contributed by atoms with Crippen molar-refractivity contribution in [3.63, 3.8) is 0 Å². The van der Waals surface area contributed by atoms with Gasteiger partial charge in [0.05, 0.1) is 26.2 Å². The Kier molecular flexibility index (Phi) is 17.7. The van der Waals surface area contributed by atoms with Crippen molar-refractivity contribution in [3.05, 3.63) is 59.7 Å². The highest BCUT2D eigenvalue weighted by molar-refractivity contribution is 7.85. The van der Waals surface area contributed by atoms with Crippen molar-refractivity contribution in [1.29, 1.82) is 0 Å². The number of nitrogens with two attached hydrogens (primary N) is 1. The molecule has 0 unspecified atom stereocenters. The van der Waals surface area contributed by atoms with Crippen LogP contribution in [-0.4, -0.2) is 103 Å². The molecule has 4 rings (SSSR count). The lowest BCUT2D eigenvalue weighted by molar-refractivity contribution is -0.129. The number of carbonyl (C=O) groups is 3. The Morgan fingerprint density at radius 2 is 0.920 bits per heavy atom. The maximum absolute atomic E-state index is 12.1. The van der Waals surface area contributed by atoms with Crippen molar-refractivity contribution < 1.29 is 22.8 Å². The smallest absolute Gasteiger partial charge is 0.219 e. The summed E-state index contributed by atoms with van der Waals surface area (Å²) < 4.78 is 26.2. The maximum Gasteiger partial charge on any atom is 0.219 e. The van der Waals surface area contributed by atoms with Crippen LogP contribution in [0.3, 0.4) is 0 Å². The molecular weight excluding hydrogens is 673 g/mol. The van der Waals surface area contributed by atoms with Gasteiger partial charge in [-0.25, -0.2) is 8.42 Å². The third kappa shape index (κ3) is 14.4. The molecule has 280 valence electrons. The Morgan fingerprint density at radius 3 is 1.18 bits per heavy atom. The summed E-state index contributed by atoms with van der Waals surface area (Å²) in [5, 5.41) is 5.04. The van der Waals surface area contributed by atoms with Gasteiger partial charge >= 0.3 is 0 Å². The molecular formula is C37H60N6O5S2. The number of hydrogen-bond acceptors (Lipinski definition) is 7. The van der Waals surface area contributed by atoms with Crippen LogP contribution in [0, 0.1) is 0 Å². The van der Waals surface area contributed by atoms with Crippen LogP contribution in [0.25, 0.3) is 0 Å². The van der Waals surface area contributed by atoms with Gasteiger partial charge in [-0.05, 0) is 97.4 Å². The second kappa shape index (κ2) is 19.8. The summed E-state index contributed by atoms with van der Waals surface area (Å²) >= 11 is 0. The van der Waals surface area contributed by atoms with Gasteiger partial charge in [-0.3, -0.25) is 19.5 Å². The van der Waals surface area contributed by atoms with Gasteiger partial charge in [0.25, 0.3) is 0 Å². The fourth-order valence-electron chi connectivity index (χ4n) is 4.69. The van der Waals surface area contributed by atoms with Crippen LogP contribution in [0.5, 0.6) is 0 Å². The summed E-state index contributed by atoms with van der Waals surface area (Å²) in [6.07, 6.45) is 0. The molecule has 50 heavy (non-hydrogen) atoms. The minimum absolute atomic E-state index is 0. The van der Waals surface area contributed by atoms with E-state index >= 15 is 0 Å². The number of Topliss-reactive ketones (excluding diaryl/α,β-unsaturated/α-hetero) is 1. The van der Waals surface area contributed by atoms with Crippen LogP contribution in [0.1, 0.15) is 92.6 Å². The van der Waals surface area contributed by atoms with E-state index in [0.29, 0.717) is 0 Å². The first-order chi connectivity index (χ1) is 22.7. The van der Waals surface area contributed by atoms with Gasteiger partial charge in [0.2, 0.25) is 11.8 Å². The first kappa shape index (κ1) is 44.6. The first-order valence-electron chi connectivity index (χ1n) is 16.6. The van der Waals surface area contributed by atoms with Gasteiger partial charge in [-0.2, -0.15) is 4.40 Å². The lowest BCUT2D eigenvalue weighted by atomic mass is 10.1. The normalized spacial score (nSPS) is 16.5. The lowest BCUT2D eigenvalue weighted by Gasteiger charge is -2.35. The van der Waals surface area contributed by atoms with Crippen LogP contribution < -0.4 is 14.9 Å². The van der Waals surface area contributed by atoms with Crippen molar-refractivity contribution >= 4 is 56.7 Å². The van der Waals surface area contributed by atoms with Gasteiger partial charge in [-0.1, -0.05) is 19.6 Å². The summed E-state index contributed by atoms with van der Waals surface area (Å²) in [4.78, 5) is 42.1. The third-order valence-corrected chi connectivity index (χ3v) is 10.8. The number of benzene rings is 2. The quantitative estimate of drug-likeness (QED) is 0.329. The Labute approximate surface area is 305 Å². The molecule has 13 heteroatoms. The molecule has 0 aromatic heterocycles. The van der Waals surface area contributed by atoms with E-state index in [1.54, 1.807) is 20.8 Å². The molecule has 2 aromatic carbocycles. The minimum atomic E-state index is -1.25. The van der Waals surface area contributed by atoms with Gasteiger partial charge < -0.3 is 19.6 Å². The molecule has 2 N–H and O–H groups in total. The summed E-state index contributed by atoms with van der Waals surface area (Å²) in [6, 6.07) is 15.8. The second-order valence-electron chi connectivity index (χ2n) is 14.1. The average Bonchev–Trinajstić information content (AvgIpc) is 3.04. The fourth-order valence-corrected chi connectivity index (χ4v) is 5.32. The van der Waals surface area contributed by atoms with Crippen molar-refractivity contribution in [1.82, 2.24) is 9.80 Å². The average molecular weight is 733 g/mol. The highest BCUT2D eigenvalue weighted by atomic mass is 32.2. The van der Waals surface area contributed by atoms with E-state index in [2.05, 4.69) is 26.3 Å². The van der Waals surface area contributed by atoms with Crippen LogP contribution in [0.15, 0.2) is 52.9 Å². The van der Waals surface area contributed by atoms with E-state index in [1.165, 1.54) is 0 Å². The zero-order chi connectivity index (χ0) is 37.1. The molecule has 2 aliphatic heterocycles. The molecule has 2 atom stereocenters. The standard InChI is InChI=1S/C18H27N3O2S.C14H18N2O2.C4H11NOS.CH4/c1-14(19-24(23)18(3,4)5)16-6-8-17(9-7-16)21-12-10-20(11-13-21)15(2)22;1-11(17)13-3-5-14(6-4-13)16-9-7-15(8-10-16)12(2)18;1-4(2,3)7(5)6;/h6-9H,10-13H2,1-5H3;3-6H,7-10H2,1-2H3;5H2,1-3H3;1H4/t24-;;7-;/m1.1./s1. The molecule has 0 saturated carbocycles. The first-order valence-corrected chi connectivity index (χ1v) is 18.9. The second-order valence-corrected chi connectivity index (χ2v) is 17.8. The van der Waals surface area contributed by atoms with Crippen LogP contribution in [-0.2, 0) is 31.6 Å². The van der Waals surface area contributed by atoms with Crippen molar-refractivity contribution in [2.45, 2.75) is 86.2 Å². The SMILES string of the molecule is C.CC(=O)N1CCN(c2ccc(C(C)=N[S@](=O)C(C)(C)C)cc2)CC1.CC(=O)c1ccc(N2CCN(C(C)=O)CC2)cc1.CC(C)(C)[S@](N)=O. The van der Waals surface area contributed by atoms with Crippen LogP contribution >= 0.6 is 0 Å². The number of rotatable bonds is 5. The molecule has 2 aliphatic rings. The number of anilines is 2. The molecule has 0 radical (unpaired) electrons. The molecule has 2 fully saturated rings. The Morgan fingerprint density at radius 1 is 0.600 bits per heavy atom. The summed E-state index contributed by atoms with van der Waals surface area (Å²) in [7, 11) is -2.43. The van der Waals surface area contributed by atoms with E-state index < -0.39 is 22.0 Å². The van der Waals surface area contributed by atoms with E-state index in [-0.39, 0.29) is 34.5 Å². The van der Waals surface area contributed by atoms with Crippen LogP contribution in [0.2, 0.25) is 0 Å². The van der Waals surface area contributed by atoms with Gasteiger partial charge in [0.15, 0.2) is 5.78 Å². The number of amides is 2. The van der Waals surface area contributed by atoms with E-state index in [4.69, 9.17) is 5.14 Å². The highest BCUT2D eigenvalue weighted by Gasteiger charge is 2.21. The number of nitrogens with zero attached hydrogens (tertiary/aromatic N) is 5. The number of carbonyl (C=O) groups excluding carboxylic acids is 3. The molecule has 0 aliphatic carbocycles. The highest BCUT2D eigenvalue weighted by Crippen LogP contribution is 2.20. The van der Waals surface area contributed by atoms with Gasteiger partial charge in [-0.15, -0.1) is 0 Å². The van der Waals surface area contributed by atoms with Crippen molar-refractivity contribution in [3.8, 4) is 0 Å². The summed E-state index contributed by atoms with van der Waals surface area (Å²) in [5.41, 5.74) is 4.77. The Balaban J connectivity index is 0.000000424. The predicted molar refractivity (Wildman–Crippen MR) is 211 cm³/mol. The predicted octanol–water partition coefficient (Wildman–Crippen LogP) is 5.23. The van der Waals surface area contributed by atoms with E-state index in [9.17, 15) is 22.8 Å². The Bertz CT molecular complexity index is 1480. The maximum atomic E-state index is 12.1. The van der Waals surface area contributed by atoms with Crippen molar-refractivity contribution in [2.24, 2.45) is 9.54 Å². The zero-order valence-electron chi connectivity index (χ0n) is 30.9. The third-order valence-electron chi connectivity index (χ3n) is 8.09. The molecule has 2 heterocycles. The zero-order valence-corrected chi connectivity index (χ0v) is 32.6. The van der Waals surface area contributed by atoms with Crippen molar-refractivity contribution in [2.75, 3.05) is 62.2 Å². The monoisotopic (exact) mass is 732 g/mol. The number of piperazine rings is 2. The topological polar surface area (TPSA) is 137 Å². The molecule has 2 aromatic rings. The molecule has 2 saturated heterocycles. The molecule has 2 amide bonds. The minimum Gasteiger partial charge on any atom is -0.368 e. The Hall–Kier alpha value is -3.42. The molecule has 11 nitrogen and oxygen atoms in total. The summed E-state index contributed by atoms with van der Waals surface area (Å²) in [5.74, 6) is 0.369. The van der Waals surface area contributed by atoms with Gasteiger partial charge in [0.1, 0.15) is 11.0 Å². The summed E-state index contributed by atoms with van der Waals surface area (Å²) in [6.45, 7) is 24.4. The van der Waals surface area contributed by atoms with E-state index in [0.717, 1.165) is 80.6 Å².